The van der Waals surface area contributed by atoms with Crippen molar-refractivity contribution in [3.8, 4) is 11.6 Å². The van der Waals surface area contributed by atoms with Crippen molar-refractivity contribution in [3.63, 3.8) is 0 Å². The van der Waals surface area contributed by atoms with Gasteiger partial charge in [-0.25, -0.2) is 10.8 Å². The minimum Gasteiger partial charge on any atom is -0.439 e. The van der Waals surface area contributed by atoms with Crippen LogP contribution in [0.25, 0.3) is 0 Å². The van der Waals surface area contributed by atoms with Crippen LogP contribution in [0.15, 0.2) is 30.3 Å². The maximum absolute atomic E-state index is 5.69. The predicted molar refractivity (Wildman–Crippen MR) is 65.8 cm³/mol. The molecule has 0 amide bonds. The topological polar surface area (TPSA) is 73.1 Å². The number of ether oxygens (including phenoxy) is 1. The maximum Gasteiger partial charge on any atom is 0.227 e. The number of para-hydroxylation sites is 1. The molecule has 88 valence electrons. The summed E-state index contributed by atoms with van der Waals surface area (Å²) in [7, 11) is 0. The average molecular weight is 230 g/mol. The number of hydrazine groups is 1. The van der Waals surface area contributed by atoms with Gasteiger partial charge in [-0.3, -0.25) is 0 Å². The lowest BCUT2D eigenvalue weighted by Crippen LogP contribution is -2.12. The van der Waals surface area contributed by atoms with Crippen LogP contribution in [0.2, 0.25) is 0 Å². The molecule has 0 spiro atoms. The molecule has 0 fully saturated rings. The van der Waals surface area contributed by atoms with Gasteiger partial charge in [0.25, 0.3) is 0 Å². The Morgan fingerprint density at radius 2 is 1.82 bits per heavy atom. The van der Waals surface area contributed by atoms with E-state index in [-0.39, 0.29) is 0 Å². The summed E-state index contributed by atoms with van der Waals surface area (Å²) in [5.41, 5.74) is 3.31. The Morgan fingerprint density at radius 3 is 2.47 bits per heavy atom. The fraction of sp³-hybridized carbons (Fsp3) is 0.167. The molecule has 0 saturated heterocycles. The van der Waals surface area contributed by atoms with Gasteiger partial charge in [0.15, 0.2) is 0 Å². The Balaban J connectivity index is 2.36. The molecule has 1 aromatic heterocycles. The number of nitrogens with one attached hydrogen (secondary N) is 1. The van der Waals surface area contributed by atoms with E-state index in [9.17, 15) is 0 Å². The van der Waals surface area contributed by atoms with E-state index >= 15 is 0 Å². The molecule has 0 atom stereocenters. The van der Waals surface area contributed by atoms with Crippen molar-refractivity contribution in [2.75, 3.05) is 5.43 Å². The Labute approximate surface area is 99.6 Å². The summed E-state index contributed by atoms with van der Waals surface area (Å²) in [5.74, 6) is 7.81. The molecule has 5 nitrogen and oxygen atoms in total. The quantitative estimate of drug-likeness (QED) is 0.624. The molecular weight excluding hydrogens is 216 g/mol. The number of rotatable bonds is 3. The molecule has 0 saturated carbocycles. The number of aromatic nitrogens is 2. The van der Waals surface area contributed by atoms with Gasteiger partial charge in [-0.1, -0.05) is 18.2 Å². The van der Waals surface area contributed by atoms with Crippen LogP contribution in [-0.2, 0) is 0 Å². The molecule has 0 bridgehead atoms. The van der Waals surface area contributed by atoms with E-state index < -0.39 is 0 Å². The van der Waals surface area contributed by atoms with Gasteiger partial charge in [-0.15, -0.1) is 0 Å². The van der Waals surface area contributed by atoms with Gasteiger partial charge in [0.2, 0.25) is 5.88 Å². The Bertz CT molecular complexity index is 513. The smallest absolute Gasteiger partial charge is 0.227 e. The number of aryl methyl sites for hydroxylation is 1. The lowest BCUT2D eigenvalue weighted by molar-refractivity contribution is 0.456. The largest absolute Gasteiger partial charge is 0.439 e. The zero-order valence-electron chi connectivity index (χ0n) is 9.77. The molecule has 2 aromatic rings. The van der Waals surface area contributed by atoms with E-state index in [0.29, 0.717) is 17.5 Å². The molecule has 0 aliphatic rings. The standard InChI is InChI=1S/C12H14N4O/c1-8-11(16-13)14-9(2)15-12(8)17-10-6-4-3-5-7-10/h3-7H,13H2,1-2H3,(H,14,15,16). The number of hydrogen-bond donors (Lipinski definition) is 2. The molecule has 0 aliphatic carbocycles. The van der Waals surface area contributed by atoms with E-state index in [4.69, 9.17) is 10.6 Å². The highest BCUT2D eigenvalue weighted by atomic mass is 16.5. The molecular formula is C12H14N4O. The molecule has 1 aromatic carbocycles. The number of hydrogen-bond acceptors (Lipinski definition) is 5. The van der Waals surface area contributed by atoms with Crippen LogP contribution in [0.4, 0.5) is 5.82 Å². The van der Waals surface area contributed by atoms with Gasteiger partial charge in [0, 0.05) is 0 Å². The average Bonchev–Trinajstić information content (AvgIpc) is 2.34. The van der Waals surface area contributed by atoms with E-state index in [0.717, 1.165) is 11.3 Å². The number of nitrogens with zero attached hydrogens (tertiary/aromatic N) is 2. The third-order valence-electron chi connectivity index (χ3n) is 2.31. The third-order valence-corrected chi connectivity index (χ3v) is 2.31. The first-order chi connectivity index (χ1) is 8.20. The molecule has 0 unspecified atom stereocenters. The monoisotopic (exact) mass is 230 g/mol. The summed E-state index contributed by atoms with van der Waals surface area (Å²) in [6.07, 6.45) is 0. The van der Waals surface area contributed by atoms with E-state index in [2.05, 4.69) is 15.4 Å². The first-order valence-electron chi connectivity index (χ1n) is 5.25. The van der Waals surface area contributed by atoms with Gasteiger partial charge in [0.05, 0.1) is 5.56 Å². The predicted octanol–water partition coefficient (Wildman–Crippen LogP) is 2.17. The fourth-order valence-corrected chi connectivity index (χ4v) is 1.44. The number of benzene rings is 1. The van der Waals surface area contributed by atoms with Crippen LogP contribution in [0.5, 0.6) is 11.6 Å². The first-order valence-corrected chi connectivity index (χ1v) is 5.25. The van der Waals surface area contributed by atoms with Crippen LogP contribution >= 0.6 is 0 Å². The summed E-state index contributed by atoms with van der Waals surface area (Å²) in [6, 6.07) is 9.47. The Morgan fingerprint density at radius 1 is 1.12 bits per heavy atom. The summed E-state index contributed by atoms with van der Waals surface area (Å²) in [4.78, 5) is 8.41. The molecule has 0 radical (unpaired) electrons. The van der Waals surface area contributed by atoms with Crippen LogP contribution in [0, 0.1) is 13.8 Å². The van der Waals surface area contributed by atoms with Gasteiger partial charge in [-0.05, 0) is 26.0 Å². The number of anilines is 1. The Kier molecular flexibility index (Phi) is 3.20. The maximum atomic E-state index is 5.69. The summed E-state index contributed by atoms with van der Waals surface area (Å²) in [5, 5.41) is 0. The highest BCUT2D eigenvalue weighted by Gasteiger charge is 2.10. The van der Waals surface area contributed by atoms with Crippen molar-refractivity contribution in [2.45, 2.75) is 13.8 Å². The molecule has 3 N–H and O–H groups in total. The molecule has 5 heteroatoms. The van der Waals surface area contributed by atoms with Crippen LogP contribution in [0.3, 0.4) is 0 Å². The zero-order chi connectivity index (χ0) is 12.3. The molecule has 1 heterocycles. The fourth-order valence-electron chi connectivity index (χ4n) is 1.44. The lowest BCUT2D eigenvalue weighted by Gasteiger charge is -2.11. The van der Waals surface area contributed by atoms with Crippen LogP contribution in [-0.4, -0.2) is 9.97 Å². The van der Waals surface area contributed by atoms with Crippen molar-refractivity contribution < 1.29 is 4.74 Å². The van der Waals surface area contributed by atoms with Crippen molar-refractivity contribution in [3.05, 3.63) is 41.7 Å². The van der Waals surface area contributed by atoms with Crippen LogP contribution < -0.4 is 16.0 Å². The Hall–Kier alpha value is -2.14. The van der Waals surface area contributed by atoms with Gasteiger partial charge in [-0.2, -0.15) is 4.98 Å². The normalized spacial score (nSPS) is 10.1. The van der Waals surface area contributed by atoms with Crippen LogP contribution in [0.1, 0.15) is 11.4 Å². The van der Waals surface area contributed by atoms with Crippen molar-refractivity contribution in [1.82, 2.24) is 9.97 Å². The molecule has 0 aliphatic heterocycles. The highest BCUT2D eigenvalue weighted by molar-refractivity contribution is 5.48. The van der Waals surface area contributed by atoms with Gasteiger partial charge < -0.3 is 10.2 Å². The second-order valence-corrected chi connectivity index (χ2v) is 3.61. The van der Waals surface area contributed by atoms with Crippen molar-refractivity contribution in [2.24, 2.45) is 5.84 Å². The van der Waals surface area contributed by atoms with Gasteiger partial charge >= 0.3 is 0 Å². The summed E-state index contributed by atoms with van der Waals surface area (Å²) >= 11 is 0. The molecule has 17 heavy (non-hydrogen) atoms. The number of nitrogen functional groups attached to an aromatic ring is 1. The second kappa shape index (κ2) is 4.80. The summed E-state index contributed by atoms with van der Waals surface area (Å²) in [6.45, 7) is 3.64. The second-order valence-electron chi connectivity index (χ2n) is 3.61. The van der Waals surface area contributed by atoms with Crippen molar-refractivity contribution >= 4 is 5.82 Å². The van der Waals surface area contributed by atoms with Crippen molar-refractivity contribution in [1.29, 1.82) is 0 Å². The SMILES string of the molecule is Cc1nc(NN)c(C)c(Oc2ccccc2)n1. The van der Waals surface area contributed by atoms with Gasteiger partial charge in [0.1, 0.15) is 17.4 Å². The summed E-state index contributed by atoms with van der Waals surface area (Å²) < 4.78 is 5.69. The lowest BCUT2D eigenvalue weighted by atomic mass is 10.3. The third kappa shape index (κ3) is 2.51. The van der Waals surface area contributed by atoms with E-state index in [1.54, 1.807) is 6.92 Å². The minimum absolute atomic E-state index is 0.511. The highest BCUT2D eigenvalue weighted by Crippen LogP contribution is 2.26. The zero-order valence-corrected chi connectivity index (χ0v) is 9.77. The minimum atomic E-state index is 0.511. The first kappa shape index (κ1) is 11.3. The number of nitrogens with two attached hydrogens (primary N) is 1. The molecule has 2 rings (SSSR count). The van der Waals surface area contributed by atoms with E-state index in [1.807, 2.05) is 37.3 Å². The van der Waals surface area contributed by atoms with E-state index in [1.165, 1.54) is 0 Å².